The van der Waals surface area contributed by atoms with Gasteiger partial charge in [-0.05, 0) is 30.7 Å². The largest absolute Gasteiger partial charge is 0.480 e. The maximum atomic E-state index is 12.7. The van der Waals surface area contributed by atoms with Gasteiger partial charge in [-0.3, -0.25) is 4.79 Å². The van der Waals surface area contributed by atoms with Crippen molar-refractivity contribution in [2.45, 2.75) is 17.4 Å². The molecule has 1 saturated heterocycles. The summed E-state index contributed by atoms with van der Waals surface area (Å²) in [6.07, 6.45) is 0.301. The van der Waals surface area contributed by atoms with Crippen molar-refractivity contribution < 1.29 is 22.7 Å². The Morgan fingerprint density at radius 1 is 1.35 bits per heavy atom. The highest BCUT2D eigenvalue weighted by molar-refractivity contribution is 7.89. The lowest BCUT2D eigenvalue weighted by molar-refractivity contribution is -0.144. The SMILES string of the molecule is O=C(O)C1CCN1S(=O)(=O)c1ccc(F)cc1. The van der Waals surface area contributed by atoms with E-state index in [0.717, 1.165) is 28.6 Å². The van der Waals surface area contributed by atoms with Crippen molar-refractivity contribution in [3.63, 3.8) is 0 Å². The molecule has 1 N–H and O–H groups in total. The zero-order valence-corrected chi connectivity index (χ0v) is 9.52. The molecule has 1 unspecified atom stereocenters. The van der Waals surface area contributed by atoms with Crippen LogP contribution >= 0.6 is 0 Å². The van der Waals surface area contributed by atoms with Gasteiger partial charge in [0.15, 0.2) is 0 Å². The normalized spacial score (nSPS) is 20.9. The van der Waals surface area contributed by atoms with Gasteiger partial charge in [0.05, 0.1) is 4.90 Å². The molecule has 1 aliphatic rings. The van der Waals surface area contributed by atoms with E-state index in [1.165, 1.54) is 0 Å². The van der Waals surface area contributed by atoms with Crippen molar-refractivity contribution in [1.29, 1.82) is 0 Å². The third-order valence-corrected chi connectivity index (χ3v) is 4.60. The number of hydrogen-bond acceptors (Lipinski definition) is 3. The fourth-order valence-corrected chi connectivity index (χ4v) is 3.27. The fourth-order valence-electron chi connectivity index (χ4n) is 1.64. The summed E-state index contributed by atoms with van der Waals surface area (Å²) >= 11 is 0. The second-order valence-electron chi connectivity index (χ2n) is 3.71. The molecule has 1 aliphatic heterocycles. The van der Waals surface area contributed by atoms with Gasteiger partial charge in [-0.15, -0.1) is 0 Å². The zero-order chi connectivity index (χ0) is 12.6. The summed E-state index contributed by atoms with van der Waals surface area (Å²) in [5.74, 6) is -1.70. The summed E-state index contributed by atoms with van der Waals surface area (Å²) in [5.41, 5.74) is 0. The van der Waals surface area contributed by atoms with Gasteiger partial charge < -0.3 is 5.11 Å². The topological polar surface area (TPSA) is 74.7 Å². The van der Waals surface area contributed by atoms with E-state index in [1.807, 2.05) is 0 Å². The minimum atomic E-state index is -3.83. The van der Waals surface area contributed by atoms with E-state index < -0.39 is 27.9 Å². The van der Waals surface area contributed by atoms with E-state index in [9.17, 15) is 17.6 Å². The van der Waals surface area contributed by atoms with Gasteiger partial charge in [0.1, 0.15) is 11.9 Å². The predicted molar refractivity (Wildman–Crippen MR) is 56.3 cm³/mol. The highest BCUT2D eigenvalue weighted by Gasteiger charge is 2.42. The summed E-state index contributed by atoms with van der Waals surface area (Å²) in [6.45, 7) is 0.177. The number of rotatable bonds is 3. The molecule has 0 bridgehead atoms. The van der Waals surface area contributed by atoms with Crippen LogP contribution in [0.1, 0.15) is 6.42 Å². The summed E-state index contributed by atoms with van der Waals surface area (Å²) in [4.78, 5) is 10.7. The number of hydrogen-bond donors (Lipinski definition) is 1. The molecule has 0 spiro atoms. The molecule has 0 aliphatic carbocycles. The zero-order valence-electron chi connectivity index (χ0n) is 8.71. The number of sulfonamides is 1. The third-order valence-electron chi connectivity index (χ3n) is 2.68. The fraction of sp³-hybridized carbons (Fsp3) is 0.300. The highest BCUT2D eigenvalue weighted by Crippen LogP contribution is 2.27. The standard InChI is InChI=1S/C10H10FNO4S/c11-7-1-3-8(4-2-7)17(15,16)12-6-5-9(12)10(13)14/h1-4,9H,5-6H2,(H,13,14). The van der Waals surface area contributed by atoms with Crippen molar-refractivity contribution >= 4 is 16.0 Å². The number of carbonyl (C=O) groups is 1. The summed E-state index contributed by atoms with van der Waals surface area (Å²) in [5, 5.41) is 8.79. The number of halogens is 1. The van der Waals surface area contributed by atoms with Crippen molar-refractivity contribution in [2.24, 2.45) is 0 Å². The van der Waals surface area contributed by atoms with Gasteiger partial charge >= 0.3 is 5.97 Å². The molecule has 0 saturated carbocycles. The average molecular weight is 259 g/mol. The van der Waals surface area contributed by atoms with Crippen LogP contribution in [0.2, 0.25) is 0 Å². The smallest absolute Gasteiger partial charge is 0.322 e. The lowest BCUT2D eigenvalue weighted by atomic mass is 10.1. The number of nitrogens with zero attached hydrogens (tertiary/aromatic N) is 1. The quantitative estimate of drug-likeness (QED) is 0.866. The van der Waals surface area contributed by atoms with Crippen molar-refractivity contribution in [1.82, 2.24) is 4.31 Å². The maximum absolute atomic E-state index is 12.7. The van der Waals surface area contributed by atoms with Gasteiger partial charge in [0.25, 0.3) is 0 Å². The lowest BCUT2D eigenvalue weighted by Crippen LogP contribution is -2.54. The van der Waals surface area contributed by atoms with Crippen molar-refractivity contribution in [2.75, 3.05) is 6.54 Å². The summed E-state index contributed by atoms with van der Waals surface area (Å²) in [7, 11) is -3.83. The molecule has 1 fully saturated rings. The van der Waals surface area contributed by atoms with E-state index in [-0.39, 0.29) is 11.4 Å². The Hall–Kier alpha value is -1.47. The Bertz CT molecular complexity index is 540. The molecular weight excluding hydrogens is 249 g/mol. The van der Waals surface area contributed by atoms with Gasteiger partial charge in [-0.1, -0.05) is 0 Å². The molecule has 92 valence electrons. The number of carboxylic acid groups (broad SMARTS) is 1. The van der Waals surface area contributed by atoms with Crippen LogP contribution in [0, 0.1) is 5.82 Å². The molecule has 0 amide bonds. The Labute approximate surface area is 97.5 Å². The van der Waals surface area contributed by atoms with Crippen LogP contribution in [0.5, 0.6) is 0 Å². The second kappa shape index (κ2) is 4.08. The highest BCUT2D eigenvalue weighted by atomic mass is 32.2. The molecule has 0 aromatic heterocycles. The molecule has 2 rings (SSSR count). The molecule has 0 radical (unpaired) electrons. The van der Waals surface area contributed by atoms with E-state index in [0.29, 0.717) is 6.42 Å². The first kappa shape index (κ1) is 12.0. The van der Waals surface area contributed by atoms with Crippen molar-refractivity contribution in [3.05, 3.63) is 30.1 Å². The van der Waals surface area contributed by atoms with Crippen LogP contribution in [-0.4, -0.2) is 36.4 Å². The first-order valence-corrected chi connectivity index (χ1v) is 6.37. The Kier molecular flexibility index (Phi) is 2.88. The van der Waals surface area contributed by atoms with E-state index in [4.69, 9.17) is 5.11 Å². The summed E-state index contributed by atoms with van der Waals surface area (Å²) in [6, 6.07) is 3.30. The third kappa shape index (κ3) is 2.03. The maximum Gasteiger partial charge on any atom is 0.322 e. The molecule has 5 nitrogen and oxygen atoms in total. The molecule has 1 atom stereocenters. The van der Waals surface area contributed by atoms with Crippen molar-refractivity contribution in [3.8, 4) is 0 Å². The van der Waals surface area contributed by atoms with E-state index >= 15 is 0 Å². The Morgan fingerprint density at radius 3 is 2.35 bits per heavy atom. The molecule has 7 heteroatoms. The molecular formula is C10H10FNO4S. The number of aliphatic carboxylic acids is 1. The summed E-state index contributed by atoms with van der Waals surface area (Å²) < 4.78 is 37.5. The van der Waals surface area contributed by atoms with Gasteiger partial charge in [-0.2, -0.15) is 4.31 Å². The molecule has 1 heterocycles. The predicted octanol–water partition coefficient (Wildman–Crippen LogP) is 0.673. The second-order valence-corrected chi connectivity index (χ2v) is 5.60. The van der Waals surface area contributed by atoms with E-state index in [2.05, 4.69) is 0 Å². The lowest BCUT2D eigenvalue weighted by Gasteiger charge is -2.36. The minimum Gasteiger partial charge on any atom is -0.480 e. The van der Waals surface area contributed by atoms with Crippen LogP contribution in [0.15, 0.2) is 29.2 Å². The first-order valence-electron chi connectivity index (χ1n) is 4.93. The van der Waals surface area contributed by atoms with Crippen LogP contribution in [-0.2, 0) is 14.8 Å². The molecule has 1 aromatic rings. The van der Waals surface area contributed by atoms with Gasteiger partial charge in [0.2, 0.25) is 10.0 Å². The average Bonchev–Trinajstić information content (AvgIpc) is 2.14. The van der Waals surface area contributed by atoms with E-state index in [1.54, 1.807) is 0 Å². The molecule has 17 heavy (non-hydrogen) atoms. The Morgan fingerprint density at radius 2 is 1.94 bits per heavy atom. The van der Waals surface area contributed by atoms with Gasteiger partial charge in [-0.25, -0.2) is 12.8 Å². The minimum absolute atomic E-state index is 0.0927. The van der Waals surface area contributed by atoms with Crippen LogP contribution < -0.4 is 0 Å². The number of benzene rings is 1. The monoisotopic (exact) mass is 259 g/mol. The molecule has 1 aromatic carbocycles. The van der Waals surface area contributed by atoms with Crippen LogP contribution in [0.4, 0.5) is 4.39 Å². The number of carboxylic acids is 1. The first-order chi connectivity index (χ1) is 7.93. The van der Waals surface area contributed by atoms with Crippen LogP contribution in [0.25, 0.3) is 0 Å². The Balaban J connectivity index is 2.31. The van der Waals surface area contributed by atoms with Gasteiger partial charge in [0, 0.05) is 6.54 Å². The van der Waals surface area contributed by atoms with Crippen LogP contribution in [0.3, 0.4) is 0 Å².